The van der Waals surface area contributed by atoms with Crippen LogP contribution in [0.2, 0.25) is 0 Å². The molecule has 1 heterocycles. The number of aryl methyl sites for hydroxylation is 2. The van der Waals surface area contributed by atoms with Crippen LogP contribution in [0.25, 0.3) is 0 Å². The Balaban J connectivity index is 2.59. The summed E-state index contributed by atoms with van der Waals surface area (Å²) < 4.78 is 7.23. The molecule has 90 valence electrons. The third-order valence-corrected chi connectivity index (χ3v) is 3.12. The maximum Gasteiger partial charge on any atom is 0.270 e. The van der Waals surface area contributed by atoms with Gasteiger partial charge in [-0.15, -0.1) is 0 Å². The number of aromatic nitrogens is 2. The SMILES string of the molecule is COCCCNC(=O)c1c(Br)c(C)nn1C. The highest BCUT2D eigenvalue weighted by molar-refractivity contribution is 9.10. The highest BCUT2D eigenvalue weighted by Gasteiger charge is 2.17. The zero-order valence-corrected chi connectivity index (χ0v) is 11.3. The number of rotatable bonds is 5. The standard InChI is InChI=1S/C10H16BrN3O2/c1-7-8(11)9(14(2)13-7)10(15)12-5-4-6-16-3/h4-6H2,1-3H3,(H,12,15). The molecule has 0 saturated carbocycles. The van der Waals surface area contributed by atoms with Crippen molar-refractivity contribution >= 4 is 21.8 Å². The summed E-state index contributed by atoms with van der Waals surface area (Å²) in [5.74, 6) is -0.119. The quantitative estimate of drug-likeness (QED) is 0.831. The van der Waals surface area contributed by atoms with Crippen molar-refractivity contribution in [3.05, 3.63) is 15.9 Å². The number of nitrogens with zero attached hydrogens (tertiary/aromatic N) is 2. The molecule has 1 amide bonds. The highest BCUT2D eigenvalue weighted by Crippen LogP contribution is 2.19. The molecule has 1 aromatic heterocycles. The maximum atomic E-state index is 11.8. The van der Waals surface area contributed by atoms with Crippen LogP contribution < -0.4 is 5.32 Å². The van der Waals surface area contributed by atoms with Crippen LogP contribution >= 0.6 is 15.9 Å². The van der Waals surface area contributed by atoms with Gasteiger partial charge in [0.2, 0.25) is 0 Å². The van der Waals surface area contributed by atoms with Gasteiger partial charge in [-0.3, -0.25) is 9.48 Å². The molecule has 0 unspecified atom stereocenters. The first-order valence-electron chi connectivity index (χ1n) is 5.04. The van der Waals surface area contributed by atoms with Crippen molar-refractivity contribution in [2.45, 2.75) is 13.3 Å². The van der Waals surface area contributed by atoms with Crippen LogP contribution in [0.1, 0.15) is 22.6 Å². The van der Waals surface area contributed by atoms with E-state index in [0.29, 0.717) is 18.8 Å². The number of methoxy groups -OCH3 is 1. The van der Waals surface area contributed by atoms with E-state index in [-0.39, 0.29) is 5.91 Å². The smallest absolute Gasteiger partial charge is 0.270 e. The molecule has 0 spiro atoms. The molecular formula is C10H16BrN3O2. The lowest BCUT2D eigenvalue weighted by atomic mass is 10.3. The Morgan fingerprint density at radius 1 is 1.62 bits per heavy atom. The topological polar surface area (TPSA) is 56.1 Å². The van der Waals surface area contributed by atoms with Gasteiger partial charge in [0, 0.05) is 27.3 Å². The number of ether oxygens (including phenoxy) is 1. The molecule has 0 saturated heterocycles. The lowest BCUT2D eigenvalue weighted by molar-refractivity contribution is 0.0938. The molecule has 5 nitrogen and oxygen atoms in total. The van der Waals surface area contributed by atoms with Gasteiger partial charge in [0.05, 0.1) is 10.2 Å². The number of nitrogens with one attached hydrogen (secondary N) is 1. The molecule has 1 aromatic rings. The number of hydrogen-bond donors (Lipinski definition) is 1. The van der Waals surface area contributed by atoms with Crippen molar-refractivity contribution in [3.8, 4) is 0 Å². The van der Waals surface area contributed by atoms with Gasteiger partial charge >= 0.3 is 0 Å². The van der Waals surface area contributed by atoms with Gasteiger partial charge in [0.15, 0.2) is 0 Å². The lowest BCUT2D eigenvalue weighted by Gasteiger charge is -2.05. The number of amides is 1. The third-order valence-electron chi connectivity index (χ3n) is 2.18. The molecule has 1 N–H and O–H groups in total. The summed E-state index contributed by atoms with van der Waals surface area (Å²) in [5, 5.41) is 6.98. The van der Waals surface area contributed by atoms with Crippen molar-refractivity contribution in [1.82, 2.24) is 15.1 Å². The van der Waals surface area contributed by atoms with E-state index in [0.717, 1.165) is 16.6 Å². The summed E-state index contributed by atoms with van der Waals surface area (Å²) in [4.78, 5) is 11.8. The fraction of sp³-hybridized carbons (Fsp3) is 0.600. The second-order valence-corrected chi connectivity index (χ2v) is 4.27. The number of carbonyl (C=O) groups is 1. The van der Waals surface area contributed by atoms with Crippen molar-refractivity contribution in [2.24, 2.45) is 7.05 Å². The predicted octanol–water partition coefficient (Wildman–Crippen LogP) is 1.26. The Labute approximate surface area is 103 Å². The minimum absolute atomic E-state index is 0.119. The van der Waals surface area contributed by atoms with Gasteiger partial charge in [0.1, 0.15) is 5.69 Å². The third kappa shape index (κ3) is 3.05. The molecule has 0 fully saturated rings. The zero-order valence-electron chi connectivity index (χ0n) is 9.71. The normalized spacial score (nSPS) is 10.5. The van der Waals surface area contributed by atoms with E-state index in [1.807, 2.05) is 6.92 Å². The highest BCUT2D eigenvalue weighted by atomic mass is 79.9. The Morgan fingerprint density at radius 3 is 2.81 bits per heavy atom. The number of carbonyl (C=O) groups excluding carboxylic acids is 1. The van der Waals surface area contributed by atoms with Crippen molar-refractivity contribution in [2.75, 3.05) is 20.3 Å². The Kier molecular flexibility index (Phi) is 4.95. The molecule has 0 aromatic carbocycles. The van der Waals surface area contributed by atoms with Gasteiger partial charge in [-0.1, -0.05) is 0 Å². The molecular weight excluding hydrogens is 274 g/mol. The van der Waals surface area contributed by atoms with E-state index < -0.39 is 0 Å². The Bertz CT molecular complexity index is 376. The molecule has 16 heavy (non-hydrogen) atoms. The number of halogens is 1. The fourth-order valence-electron chi connectivity index (χ4n) is 1.38. The van der Waals surface area contributed by atoms with E-state index in [2.05, 4.69) is 26.3 Å². The summed E-state index contributed by atoms with van der Waals surface area (Å²) >= 11 is 3.36. The first kappa shape index (κ1) is 13.2. The fourth-order valence-corrected chi connectivity index (χ4v) is 1.90. The molecule has 0 atom stereocenters. The van der Waals surface area contributed by atoms with Crippen LogP contribution in [-0.4, -0.2) is 35.9 Å². The summed E-state index contributed by atoms with van der Waals surface area (Å²) in [6.45, 7) is 3.10. The second kappa shape index (κ2) is 6.00. The van der Waals surface area contributed by atoms with E-state index in [4.69, 9.17) is 4.74 Å². The molecule has 0 aliphatic carbocycles. The first-order valence-corrected chi connectivity index (χ1v) is 5.83. The van der Waals surface area contributed by atoms with E-state index in [9.17, 15) is 4.79 Å². The molecule has 0 bridgehead atoms. The minimum Gasteiger partial charge on any atom is -0.385 e. The predicted molar refractivity (Wildman–Crippen MR) is 64.5 cm³/mol. The molecule has 0 aliphatic rings. The van der Waals surface area contributed by atoms with Crippen molar-refractivity contribution < 1.29 is 9.53 Å². The molecule has 0 aliphatic heterocycles. The summed E-state index contributed by atoms with van der Waals surface area (Å²) in [6.07, 6.45) is 0.802. The van der Waals surface area contributed by atoms with E-state index in [1.165, 1.54) is 0 Å². The van der Waals surface area contributed by atoms with E-state index in [1.54, 1.807) is 18.8 Å². The number of hydrogen-bond acceptors (Lipinski definition) is 3. The van der Waals surface area contributed by atoms with Gasteiger partial charge in [-0.25, -0.2) is 0 Å². The molecule has 6 heteroatoms. The Hall–Kier alpha value is -0.880. The van der Waals surface area contributed by atoms with Crippen LogP contribution in [0.15, 0.2) is 4.47 Å². The minimum atomic E-state index is -0.119. The van der Waals surface area contributed by atoms with E-state index >= 15 is 0 Å². The Morgan fingerprint density at radius 2 is 2.31 bits per heavy atom. The second-order valence-electron chi connectivity index (χ2n) is 3.47. The van der Waals surface area contributed by atoms with Gasteiger partial charge in [-0.2, -0.15) is 5.10 Å². The maximum absolute atomic E-state index is 11.8. The summed E-state index contributed by atoms with van der Waals surface area (Å²) in [7, 11) is 3.39. The van der Waals surface area contributed by atoms with Crippen LogP contribution in [0.3, 0.4) is 0 Å². The largest absolute Gasteiger partial charge is 0.385 e. The zero-order chi connectivity index (χ0) is 12.1. The van der Waals surface area contributed by atoms with Crippen LogP contribution in [0, 0.1) is 6.92 Å². The van der Waals surface area contributed by atoms with Crippen LogP contribution in [0.4, 0.5) is 0 Å². The molecule has 0 radical (unpaired) electrons. The van der Waals surface area contributed by atoms with Gasteiger partial charge in [-0.05, 0) is 29.3 Å². The average Bonchev–Trinajstić information content (AvgIpc) is 2.48. The summed E-state index contributed by atoms with van der Waals surface area (Å²) in [5.41, 5.74) is 1.36. The molecule has 1 rings (SSSR count). The van der Waals surface area contributed by atoms with Gasteiger partial charge < -0.3 is 10.1 Å². The van der Waals surface area contributed by atoms with Crippen molar-refractivity contribution in [1.29, 1.82) is 0 Å². The lowest BCUT2D eigenvalue weighted by Crippen LogP contribution is -2.27. The first-order chi connectivity index (χ1) is 7.57. The average molecular weight is 290 g/mol. The van der Waals surface area contributed by atoms with Crippen molar-refractivity contribution in [3.63, 3.8) is 0 Å². The van der Waals surface area contributed by atoms with Crippen LogP contribution in [-0.2, 0) is 11.8 Å². The summed E-state index contributed by atoms with van der Waals surface area (Å²) in [6, 6.07) is 0. The van der Waals surface area contributed by atoms with Gasteiger partial charge in [0.25, 0.3) is 5.91 Å². The van der Waals surface area contributed by atoms with Crippen LogP contribution in [0.5, 0.6) is 0 Å². The monoisotopic (exact) mass is 289 g/mol.